The Labute approximate surface area is 132 Å². The van der Waals surface area contributed by atoms with Gasteiger partial charge in [0.25, 0.3) is 5.91 Å². The van der Waals surface area contributed by atoms with Crippen molar-refractivity contribution in [1.82, 2.24) is 10.3 Å². The molecule has 0 saturated carbocycles. The van der Waals surface area contributed by atoms with Gasteiger partial charge >= 0.3 is 0 Å². The van der Waals surface area contributed by atoms with E-state index in [2.05, 4.69) is 10.3 Å². The minimum Gasteiger partial charge on any atom is -0.347 e. The molecule has 112 valence electrons. The van der Waals surface area contributed by atoms with E-state index in [0.717, 1.165) is 5.01 Å². The zero-order valence-corrected chi connectivity index (χ0v) is 13.6. The molecule has 1 N–H and O–H groups in total. The van der Waals surface area contributed by atoms with Gasteiger partial charge in [-0.05, 0) is 19.1 Å². The number of halogens is 2. The van der Waals surface area contributed by atoms with Gasteiger partial charge in [0.1, 0.15) is 10.7 Å². The van der Waals surface area contributed by atoms with Gasteiger partial charge in [-0.2, -0.15) is 0 Å². The van der Waals surface area contributed by atoms with Crippen molar-refractivity contribution in [1.29, 1.82) is 0 Å². The number of nitrogens with one attached hydrogen (secondary N) is 1. The van der Waals surface area contributed by atoms with Crippen LogP contribution in [0.25, 0.3) is 0 Å². The normalized spacial score (nSPS) is 11.0. The summed E-state index contributed by atoms with van der Waals surface area (Å²) in [4.78, 5) is 17.1. The summed E-state index contributed by atoms with van der Waals surface area (Å²) in [6.07, 6.45) is 0. The SMILES string of the molecule is Cc1nc(C(C)C)sc1C(=O)NCc1c(F)cccc1Cl. The molecular weight excluding hydrogens is 311 g/mol. The lowest BCUT2D eigenvalue weighted by Gasteiger charge is -2.07. The van der Waals surface area contributed by atoms with Gasteiger partial charge in [0.15, 0.2) is 0 Å². The number of carbonyl (C=O) groups excluding carboxylic acids is 1. The van der Waals surface area contributed by atoms with Crippen molar-refractivity contribution in [3.63, 3.8) is 0 Å². The number of rotatable bonds is 4. The van der Waals surface area contributed by atoms with Crippen LogP contribution in [0.5, 0.6) is 0 Å². The molecule has 0 spiro atoms. The van der Waals surface area contributed by atoms with Crippen LogP contribution in [0.15, 0.2) is 18.2 Å². The number of benzene rings is 1. The van der Waals surface area contributed by atoms with Gasteiger partial charge < -0.3 is 5.32 Å². The molecule has 2 rings (SSSR count). The first-order valence-electron chi connectivity index (χ1n) is 6.58. The van der Waals surface area contributed by atoms with E-state index >= 15 is 0 Å². The molecule has 0 unspecified atom stereocenters. The first kappa shape index (κ1) is 15.9. The largest absolute Gasteiger partial charge is 0.347 e. The van der Waals surface area contributed by atoms with Gasteiger partial charge in [-0.15, -0.1) is 11.3 Å². The van der Waals surface area contributed by atoms with Gasteiger partial charge in [0.2, 0.25) is 0 Å². The van der Waals surface area contributed by atoms with E-state index in [-0.39, 0.29) is 18.4 Å². The number of aryl methyl sites for hydroxylation is 1. The Hall–Kier alpha value is -1.46. The highest BCUT2D eigenvalue weighted by Crippen LogP contribution is 2.25. The van der Waals surface area contributed by atoms with Crippen molar-refractivity contribution >= 4 is 28.8 Å². The summed E-state index contributed by atoms with van der Waals surface area (Å²) in [7, 11) is 0. The zero-order chi connectivity index (χ0) is 15.6. The van der Waals surface area contributed by atoms with Gasteiger partial charge in [-0.3, -0.25) is 4.79 Å². The molecule has 6 heteroatoms. The fraction of sp³-hybridized carbons (Fsp3) is 0.333. The van der Waals surface area contributed by atoms with Gasteiger partial charge in [-0.1, -0.05) is 31.5 Å². The predicted molar refractivity (Wildman–Crippen MR) is 83.5 cm³/mol. The van der Waals surface area contributed by atoms with Crippen LogP contribution in [0.2, 0.25) is 5.02 Å². The van der Waals surface area contributed by atoms with E-state index in [4.69, 9.17) is 11.6 Å². The summed E-state index contributed by atoms with van der Waals surface area (Å²) in [6, 6.07) is 4.45. The molecule has 1 amide bonds. The average molecular weight is 327 g/mol. The second-order valence-electron chi connectivity index (χ2n) is 5.00. The summed E-state index contributed by atoms with van der Waals surface area (Å²) in [5.41, 5.74) is 0.986. The topological polar surface area (TPSA) is 42.0 Å². The van der Waals surface area contributed by atoms with Crippen LogP contribution in [-0.2, 0) is 6.54 Å². The van der Waals surface area contributed by atoms with Crippen LogP contribution in [0.1, 0.15) is 45.7 Å². The minimum absolute atomic E-state index is 0.0543. The van der Waals surface area contributed by atoms with E-state index in [0.29, 0.717) is 21.2 Å². The molecule has 0 aliphatic rings. The Bertz CT molecular complexity index is 649. The van der Waals surface area contributed by atoms with Gasteiger partial charge in [0, 0.05) is 23.0 Å². The molecular formula is C15H16ClFN2OS. The fourth-order valence-electron chi connectivity index (χ4n) is 1.83. The lowest BCUT2D eigenvalue weighted by molar-refractivity contribution is 0.0954. The molecule has 21 heavy (non-hydrogen) atoms. The summed E-state index contributed by atoms with van der Waals surface area (Å²) in [5, 5.41) is 3.92. The molecule has 0 bridgehead atoms. The lowest BCUT2D eigenvalue weighted by atomic mass is 10.2. The molecule has 0 saturated heterocycles. The smallest absolute Gasteiger partial charge is 0.263 e. The predicted octanol–water partition coefficient (Wildman–Crippen LogP) is 4.30. The molecule has 1 heterocycles. The van der Waals surface area contributed by atoms with Crippen molar-refractivity contribution in [2.75, 3.05) is 0 Å². The van der Waals surface area contributed by atoms with Crippen molar-refractivity contribution in [3.05, 3.63) is 50.2 Å². The van der Waals surface area contributed by atoms with Crippen LogP contribution in [-0.4, -0.2) is 10.9 Å². The molecule has 2 aromatic rings. The van der Waals surface area contributed by atoms with Gasteiger partial charge in [0.05, 0.1) is 10.7 Å². The summed E-state index contributed by atoms with van der Waals surface area (Å²) in [5.74, 6) is -0.404. The molecule has 0 aliphatic carbocycles. The molecule has 0 aliphatic heterocycles. The Morgan fingerprint density at radius 3 is 2.76 bits per heavy atom. The van der Waals surface area contributed by atoms with Gasteiger partial charge in [-0.25, -0.2) is 9.37 Å². The lowest BCUT2D eigenvalue weighted by Crippen LogP contribution is -2.23. The monoisotopic (exact) mass is 326 g/mol. The number of hydrogen-bond donors (Lipinski definition) is 1. The second-order valence-corrected chi connectivity index (χ2v) is 6.44. The highest BCUT2D eigenvalue weighted by atomic mass is 35.5. The van der Waals surface area contributed by atoms with Crippen molar-refractivity contribution < 1.29 is 9.18 Å². The van der Waals surface area contributed by atoms with Crippen molar-refractivity contribution in [2.24, 2.45) is 0 Å². The maximum Gasteiger partial charge on any atom is 0.263 e. The number of carbonyl (C=O) groups is 1. The standard InChI is InChI=1S/C15H16ClFN2OS/c1-8(2)15-19-9(3)13(21-15)14(20)18-7-10-11(16)5-4-6-12(10)17/h4-6,8H,7H2,1-3H3,(H,18,20). The van der Waals surface area contributed by atoms with E-state index in [1.807, 2.05) is 13.8 Å². The Morgan fingerprint density at radius 2 is 2.19 bits per heavy atom. The Morgan fingerprint density at radius 1 is 1.48 bits per heavy atom. The molecule has 0 atom stereocenters. The quantitative estimate of drug-likeness (QED) is 0.910. The van der Waals surface area contributed by atoms with E-state index in [1.54, 1.807) is 13.0 Å². The van der Waals surface area contributed by atoms with Crippen LogP contribution in [0.4, 0.5) is 4.39 Å². The van der Waals surface area contributed by atoms with Crippen LogP contribution in [0, 0.1) is 12.7 Å². The number of nitrogens with zero attached hydrogens (tertiary/aromatic N) is 1. The first-order chi connectivity index (χ1) is 9.90. The highest BCUT2D eigenvalue weighted by molar-refractivity contribution is 7.13. The first-order valence-corrected chi connectivity index (χ1v) is 7.78. The number of aromatic nitrogens is 1. The molecule has 1 aromatic carbocycles. The highest BCUT2D eigenvalue weighted by Gasteiger charge is 2.17. The summed E-state index contributed by atoms with van der Waals surface area (Å²) >= 11 is 7.30. The third kappa shape index (κ3) is 3.60. The summed E-state index contributed by atoms with van der Waals surface area (Å²) < 4.78 is 13.6. The second kappa shape index (κ2) is 6.54. The minimum atomic E-state index is -0.424. The Kier molecular flexibility index (Phi) is 4.96. The van der Waals surface area contributed by atoms with E-state index < -0.39 is 5.82 Å². The molecule has 3 nitrogen and oxygen atoms in total. The molecule has 0 radical (unpaired) electrons. The van der Waals surface area contributed by atoms with Crippen LogP contribution < -0.4 is 5.32 Å². The molecule has 0 fully saturated rings. The number of hydrogen-bond acceptors (Lipinski definition) is 3. The maximum absolute atomic E-state index is 13.6. The third-order valence-electron chi connectivity index (χ3n) is 3.00. The van der Waals surface area contributed by atoms with Crippen LogP contribution >= 0.6 is 22.9 Å². The van der Waals surface area contributed by atoms with Crippen molar-refractivity contribution in [3.8, 4) is 0 Å². The van der Waals surface area contributed by atoms with Crippen LogP contribution in [0.3, 0.4) is 0 Å². The third-order valence-corrected chi connectivity index (χ3v) is 4.81. The molecule has 1 aromatic heterocycles. The fourth-order valence-corrected chi connectivity index (χ4v) is 3.04. The van der Waals surface area contributed by atoms with E-state index in [9.17, 15) is 9.18 Å². The Balaban J connectivity index is 2.12. The summed E-state index contributed by atoms with van der Waals surface area (Å²) in [6.45, 7) is 5.91. The number of thiazole rings is 1. The number of amides is 1. The average Bonchev–Trinajstić information content (AvgIpc) is 2.80. The zero-order valence-electron chi connectivity index (χ0n) is 12.0. The van der Waals surface area contributed by atoms with E-state index in [1.165, 1.54) is 23.5 Å². The maximum atomic E-state index is 13.6. The van der Waals surface area contributed by atoms with Crippen molar-refractivity contribution in [2.45, 2.75) is 33.2 Å².